The van der Waals surface area contributed by atoms with E-state index in [4.69, 9.17) is 0 Å². The molecular weight excluding hydrogens is 186 g/mol. The maximum Gasteiger partial charge on any atom is 0.223 e. The molecule has 1 heterocycles. The Morgan fingerprint density at radius 1 is 1.07 bits per heavy atom. The van der Waals surface area contributed by atoms with Gasteiger partial charge in [-0.2, -0.15) is 0 Å². The first kappa shape index (κ1) is 12.3. The smallest absolute Gasteiger partial charge is 0.137 e. The fourth-order valence-electron chi connectivity index (χ4n) is 1.68. The van der Waals surface area contributed by atoms with Gasteiger partial charge in [-0.1, -0.05) is 41.5 Å². The summed E-state index contributed by atoms with van der Waals surface area (Å²) in [4.78, 5) is 0. The van der Waals surface area contributed by atoms with Gasteiger partial charge in [-0.3, -0.25) is 0 Å². The standard InChI is InChI=1S/C12H24N3/c1-11(2,3)7-10-8-15(14-13-10)9-12(4,5)6/h8,10H,7,9H2,1-6H3/q+1. The molecule has 0 spiro atoms. The molecule has 1 atom stereocenters. The lowest BCUT2D eigenvalue weighted by molar-refractivity contribution is -0.544. The average Bonchev–Trinajstić information content (AvgIpc) is 2.28. The van der Waals surface area contributed by atoms with Gasteiger partial charge in [0.1, 0.15) is 18.0 Å². The van der Waals surface area contributed by atoms with E-state index in [9.17, 15) is 0 Å². The van der Waals surface area contributed by atoms with Crippen LogP contribution >= 0.6 is 0 Å². The van der Waals surface area contributed by atoms with Crippen molar-refractivity contribution >= 4 is 6.21 Å². The zero-order chi connectivity index (χ0) is 11.7. The number of rotatable bonds is 2. The Labute approximate surface area is 93.3 Å². The molecule has 1 rings (SSSR count). The summed E-state index contributed by atoms with van der Waals surface area (Å²) in [6, 6.07) is 0.271. The zero-order valence-electron chi connectivity index (χ0n) is 10.9. The third-order valence-electron chi connectivity index (χ3n) is 2.12. The lowest BCUT2D eigenvalue weighted by Gasteiger charge is -2.16. The van der Waals surface area contributed by atoms with E-state index in [0.717, 1.165) is 13.0 Å². The first-order valence-electron chi connectivity index (χ1n) is 5.68. The minimum absolute atomic E-state index is 0.270. The molecule has 0 aromatic heterocycles. The second kappa shape index (κ2) is 4.03. The van der Waals surface area contributed by atoms with Gasteiger partial charge in [0, 0.05) is 17.0 Å². The van der Waals surface area contributed by atoms with Crippen molar-refractivity contribution in [3.05, 3.63) is 0 Å². The van der Waals surface area contributed by atoms with Crippen molar-refractivity contribution in [1.29, 1.82) is 0 Å². The van der Waals surface area contributed by atoms with Crippen molar-refractivity contribution in [3.8, 4) is 0 Å². The summed E-state index contributed by atoms with van der Waals surface area (Å²) in [6.45, 7) is 14.3. The molecule has 0 radical (unpaired) electrons. The van der Waals surface area contributed by atoms with Crippen molar-refractivity contribution in [2.24, 2.45) is 21.2 Å². The van der Waals surface area contributed by atoms with Crippen LogP contribution in [-0.4, -0.2) is 23.5 Å². The van der Waals surface area contributed by atoms with Crippen LogP contribution in [0, 0.1) is 10.8 Å². The molecule has 15 heavy (non-hydrogen) atoms. The maximum atomic E-state index is 4.28. The monoisotopic (exact) mass is 210 g/mol. The minimum atomic E-state index is 0.270. The summed E-state index contributed by atoms with van der Waals surface area (Å²) in [7, 11) is 0. The van der Waals surface area contributed by atoms with E-state index in [1.807, 2.05) is 4.68 Å². The van der Waals surface area contributed by atoms with Crippen LogP contribution in [0.15, 0.2) is 10.3 Å². The van der Waals surface area contributed by atoms with E-state index in [0.29, 0.717) is 5.41 Å². The van der Waals surface area contributed by atoms with E-state index in [-0.39, 0.29) is 11.5 Å². The molecule has 86 valence electrons. The highest BCUT2D eigenvalue weighted by Gasteiger charge is 2.29. The van der Waals surface area contributed by atoms with Crippen molar-refractivity contribution in [1.82, 2.24) is 0 Å². The summed E-state index contributed by atoms with van der Waals surface area (Å²) < 4.78 is 1.98. The van der Waals surface area contributed by atoms with Crippen molar-refractivity contribution < 1.29 is 4.68 Å². The van der Waals surface area contributed by atoms with Crippen LogP contribution in [0.25, 0.3) is 0 Å². The first-order valence-corrected chi connectivity index (χ1v) is 5.68. The molecule has 0 aliphatic carbocycles. The predicted molar refractivity (Wildman–Crippen MR) is 63.4 cm³/mol. The molecular formula is C12H24N3+. The fourth-order valence-corrected chi connectivity index (χ4v) is 1.68. The lowest BCUT2D eigenvalue weighted by atomic mass is 9.89. The Morgan fingerprint density at radius 3 is 2.13 bits per heavy atom. The van der Waals surface area contributed by atoms with Gasteiger partial charge in [0.25, 0.3) is 0 Å². The largest absolute Gasteiger partial charge is 0.223 e. The van der Waals surface area contributed by atoms with Crippen LogP contribution in [0.4, 0.5) is 0 Å². The highest BCUT2D eigenvalue weighted by atomic mass is 15.5. The van der Waals surface area contributed by atoms with Crippen molar-refractivity contribution in [2.45, 2.75) is 54.0 Å². The molecule has 0 saturated heterocycles. The molecule has 0 saturated carbocycles. The minimum Gasteiger partial charge on any atom is -0.137 e. The highest BCUT2D eigenvalue weighted by Crippen LogP contribution is 2.23. The third-order valence-corrected chi connectivity index (χ3v) is 2.12. The van der Waals surface area contributed by atoms with Gasteiger partial charge in [-0.05, 0) is 5.41 Å². The predicted octanol–water partition coefficient (Wildman–Crippen LogP) is 3.30. The molecule has 0 amide bonds. The topological polar surface area (TPSA) is 27.7 Å². The van der Waals surface area contributed by atoms with Gasteiger partial charge in [0.15, 0.2) is 0 Å². The third kappa shape index (κ3) is 5.05. The molecule has 3 heteroatoms. The Bertz CT molecular complexity index is 276. The Hall–Kier alpha value is -0.730. The molecule has 0 aromatic rings. The van der Waals surface area contributed by atoms with Crippen LogP contribution in [0.5, 0.6) is 0 Å². The average molecular weight is 210 g/mol. The Morgan fingerprint density at radius 2 is 1.67 bits per heavy atom. The number of hydrogen-bond donors (Lipinski definition) is 0. The van der Waals surface area contributed by atoms with Crippen LogP contribution in [0.2, 0.25) is 0 Å². The second-order valence-electron chi connectivity index (χ2n) is 6.84. The number of hydrogen-bond acceptors (Lipinski definition) is 2. The molecule has 0 aromatic carbocycles. The summed E-state index contributed by atoms with van der Waals surface area (Å²) in [5.41, 5.74) is 0.587. The van der Waals surface area contributed by atoms with Gasteiger partial charge in [0.05, 0.1) is 0 Å². The first-order chi connectivity index (χ1) is 6.66. The van der Waals surface area contributed by atoms with E-state index in [1.54, 1.807) is 0 Å². The zero-order valence-corrected chi connectivity index (χ0v) is 10.9. The summed E-state index contributed by atoms with van der Waals surface area (Å²) in [5.74, 6) is 0. The second-order valence-corrected chi connectivity index (χ2v) is 6.84. The molecule has 1 unspecified atom stereocenters. The summed E-state index contributed by atoms with van der Waals surface area (Å²) in [6.07, 6.45) is 3.22. The van der Waals surface area contributed by atoms with E-state index < -0.39 is 0 Å². The van der Waals surface area contributed by atoms with Gasteiger partial charge in [-0.25, -0.2) is 0 Å². The van der Waals surface area contributed by atoms with Crippen LogP contribution in [-0.2, 0) is 0 Å². The van der Waals surface area contributed by atoms with Crippen molar-refractivity contribution in [3.63, 3.8) is 0 Å². The van der Waals surface area contributed by atoms with Crippen LogP contribution < -0.4 is 0 Å². The molecule has 0 bridgehead atoms. The van der Waals surface area contributed by atoms with Gasteiger partial charge in [-0.15, -0.1) is 4.68 Å². The Balaban J connectivity index is 2.53. The van der Waals surface area contributed by atoms with Crippen LogP contribution in [0.1, 0.15) is 48.0 Å². The normalized spacial score (nSPS) is 22.0. The molecule has 1 aliphatic heterocycles. The quantitative estimate of drug-likeness (QED) is 0.626. The molecule has 3 nitrogen and oxygen atoms in total. The molecule has 0 fully saturated rings. The molecule has 1 aliphatic rings. The van der Waals surface area contributed by atoms with Crippen molar-refractivity contribution in [2.75, 3.05) is 6.54 Å². The van der Waals surface area contributed by atoms with Gasteiger partial charge in [0.2, 0.25) is 6.04 Å². The summed E-state index contributed by atoms with van der Waals surface area (Å²) in [5, 5.41) is 8.47. The highest BCUT2D eigenvalue weighted by molar-refractivity contribution is 5.59. The van der Waals surface area contributed by atoms with Gasteiger partial charge >= 0.3 is 0 Å². The number of nitrogens with zero attached hydrogens (tertiary/aromatic N) is 3. The SMILES string of the molecule is CC(C)(C)CC1C=[N+](CC(C)(C)C)N=N1. The summed E-state index contributed by atoms with van der Waals surface area (Å²) >= 11 is 0. The molecule has 0 N–H and O–H groups in total. The van der Waals surface area contributed by atoms with Gasteiger partial charge < -0.3 is 0 Å². The van der Waals surface area contributed by atoms with E-state index >= 15 is 0 Å². The van der Waals surface area contributed by atoms with Crippen LogP contribution in [0.3, 0.4) is 0 Å². The maximum absolute atomic E-state index is 4.28. The van der Waals surface area contributed by atoms with E-state index in [2.05, 4.69) is 58.1 Å². The van der Waals surface area contributed by atoms with E-state index in [1.165, 1.54) is 0 Å². The Kier molecular flexibility index (Phi) is 3.31. The fraction of sp³-hybridized carbons (Fsp3) is 0.917. The lowest BCUT2D eigenvalue weighted by Crippen LogP contribution is -2.23.